The predicted molar refractivity (Wildman–Crippen MR) is 58.6 cm³/mol. The molecule has 0 atom stereocenters. The number of aromatic nitrogens is 1. The Balaban J connectivity index is 2.24. The van der Waals surface area contributed by atoms with Gasteiger partial charge in [0.1, 0.15) is 0 Å². The molecule has 1 aliphatic carbocycles. The molecule has 15 heavy (non-hydrogen) atoms. The molecule has 0 unspecified atom stereocenters. The summed E-state index contributed by atoms with van der Waals surface area (Å²) in [5, 5.41) is 0.319. The van der Waals surface area contributed by atoms with Crippen LogP contribution in [0.1, 0.15) is 12.8 Å². The average molecular weight is 230 g/mol. The van der Waals surface area contributed by atoms with Crippen molar-refractivity contribution in [1.82, 2.24) is 4.98 Å². The van der Waals surface area contributed by atoms with Gasteiger partial charge in [-0.1, -0.05) is 11.6 Å². The van der Waals surface area contributed by atoms with Crippen molar-refractivity contribution in [2.45, 2.75) is 18.9 Å². The third kappa shape index (κ3) is 2.38. The lowest BCUT2D eigenvalue weighted by Gasteiger charge is -2.22. The van der Waals surface area contributed by atoms with Crippen LogP contribution >= 0.6 is 11.6 Å². The Hall–Kier alpha value is -0.870. The first kappa shape index (κ1) is 10.6. The van der Waals surface area contributed by atoms with E-state index in [-0.39, 0.29) is 5.82 Å². The van der Waals surface area contributed by atoms with Gasteiger partial charge in [0, 0.05) is 25.3 Å². The smallest absolute Gasteiger partial charge is 0.167 e. The van der Waals surface area contributed by atoms with E-state index >= 15 is 0 Å². The minimum atomic E-state index is -0.372. The monoisotopic (exact) mass is 229 g/mol. The maximum absolute atomic E-state index is 13.6. The lowest BCUT2D eigenvalue weighted by molar-refractivity contribution is 0.607. The summed E-state index contributed by atoms with van der Waals surface area (Å²) >= 11 is 5.65. The highest BCUT2D eigenvalue weighted by Crippen LogP contribution is 2.31. The highest BCUT2D eigenvalue weighted by atomic mass is 35.5. The molecule has 1 aromatic rings. The molecule has 0 saturated heterocycles. The largest absolute Gasteiger partial charge is 0.350 e. The zero-order valence-corrected chi connectivity index (χ0v) is 9.04. The molecular weight excluding hydrogens is 217 g/mol. The van der Waals surface area contributed by atoms with E-state index in [1.54, 1.807) is 0 Å². The van der Waals surface area contributed by atoms with Gasteiger partial charge in [-0.2, -0.15) is 0 Å². The van der Waals surface area contributed by atoms with Gasteiger partial charge in [-0.25, -0.2) is 9.37 Å². The topological polar surface area (TPSA) is 42.1 Å². The van der Waals surface area contributed by atoms with Crippen molar-refractivity contribution in [3.63, 3.8) is 0 Å². The summed E-state index contributed by atoms with van der Waals surface area (Å²) in [6.45, 7) is 1.14. The molecule has 1 aromatic heterocycles. The number of halogens is 2. The van der Waals surface area contributed by atoms with Crippen molar-refractivity contribution in [2.24, 2.45) is 5.73 Å². The van der Waals surface area contributed by atoms with E-state index in [1.807, 2.05) is 4.90 Å². The van der Waals surface area contributed by atoms with E-state index in [2.05, 4.69) is 4.98 Å². The summed E-state index contributed by atoms with van der Waals surface area (Å²) in [7, 11) is 0. The minimum absolute atomic E-state index is 0.319. The van der Waals surface area contributed by atoms with Gasteiger partial charge in [-0.05, 0) is 18.9 Å². The Morgan fingerprint density at radius 3 is 2.87 bits per heavy atom. The van der Waals surface area contributed by atoms with Gasteiger partial charge in [0.05, 0.1) is 5.02 Å². The third-order valence-electron chi connectivity index (χ3n) is 2.42. The van der Waals surface area contributed by atoms with E-state index in [4.69, 9.17) is 17.3 Å². The molecule has 2 N–H and O–H groups in total. The van der Waals surface area contributed by atoms with Crippen molar-refractivity contribution < 1.29 is 4.39 Å². The molecule has 3 nitrogen and oxygen atoms in total. The normalized spacial score (nSPS) is 15.4. The molecule has 0 spiro atoms. The van der Waals surface area contributed by atoms with Crippen LogP contribution in [0.5, 0.6) is 0 Å². The van der Waals surface area contributed by atoms with Crippen LogP contribution in [0.25, 0.3) is 0 Å². The lowest BCUT2D eigenvalue weighted by atomic mass is 10.3. The van der Waals surface area contributed by atoms with Crippen LogP contribution < -0.4 is 10.6 Å². The highest BCUT2D eigenvalue weighted by Gasteiger charge is 2.30. The molecule has 82 valence electrons. The predicted octanol–water partition coefficient (Wildman–Crippen LogP) is 1.80. The summed E-state index contributed by atoms with van der Waals surface area (Å²) in [5.41, 5.74) is 5.49. The van der Waals surface area contributed by atoms with Crippen molar-refractivity contribution >= 4 is 17.4 Å². The fourth-order valence-electron chi connectivity index (χ4n) is 1.61. The van der Waals surface area contributed by atoms with Gasteiger partial charge < -0.3 is 10.6 Å². The van der Waals surface area contributed by atoms with Gasteiger partial charge in [0.25, 0.3) is 0 Å². The molecule has 1 saturated carbocycles. The average Bonchev–Trinajstić information content (AvgIpc) is 2.98. The number of rotatable bonds is 4. The van der Waals surface area contributed by atoms with E-state index in [0.717, 1.165) is 12.8 Å². The fourth-order valence-corrected chi connectivity index (χ4v) is 1.75. The maximum Gasteiger partial charge on any atom is 0.167 e. The second-order valence-electron chi connectivity index (χ2n) is 3.67. The summed E-state index contributed by atoms with van der Waals surface area (Å²) in [4.78, 5) is 5.94. The van der Waals surface area contributed by atoms with E-state index in [0.29, 0.717) is 30.0 Å². The summed E-state index contributed by atoms with van der Waals surface area (Å²) in [6, 6.07) is 1.69. The molecule has 1 heterocycles. The zero-order chi connectivity index (χ0) is 10.8. The number of nitrogens with zero attached hydrogens (tertiary/aromatic N) is 2. The Labute approximate surface area is 93.0 Å². The van der Waals surface area contributed by atoms with Crippen LogP contribution in [0.15, 0.2) is 12.3 Å². The van der Waals surface area contributed by atoms with Crippen molar-refractivity contribution in [1.29, 1.82) is 0 Å². The second-order valence-corrected chi connectivity index (χ2v) is 4.11. The van der Waals surface area contributed by atoms with Crippen LogP contribution in [0.2, 0.25) is 5.02 Å². The molecule has 1 aliphatic rings. The molecule has 0 aliphatic heterocycles. The van der Waals surface area contributed by atoms with Crippen molar-refractivity contribution in [3.05, 3.63) is 23.1 Å². The highest BCUT2D eigenvalue weighted by molar-refractivity contribution is 6.30. The molecule has 5 heteroatoms. The van der Waals surface area contributed by atoms with E-state index in [9.17, 15) is 4.39 Å². The molecule has 0 aromatic carbocycles. The number of hydrogen-bond acceptors (Lipinski definition) is 3. The van der Waals surface area contributed by atoms with Crippen molar-refractivity contribution in [2.75, 3.05) is 18.0 Å². The Bertz CT molecular complexity index is 355. The Morgan fingerprint density at radius 2 is 2.33 bits per heavy atom. The number of nitrogens with two attached hydrogens (primary N) is 1. The van der Waals surface area contributed by atoms with Gasteiger partial charge in [-0.3, -0.25) is 0 Å². The first-order valence-corrected chi connectivity index (χ1v) is 5.38. The van der Waals surface area contributed by atoms with Gasteiger partial charge in [0.2, 0.25) is 0 Å². The Morgan fingerprint density at radius 1 is 1.60 bits per heavy atom. The fraction of sp³-hybridized carbons (Fsp3) is 0.500. The molecule has 1 fully saturated rings. The third-order valence-corrected chi connectivity index (χ3v) is 2.62. The molecule has 0 radical (unpaired) electrons. The Kier molecular flexibility index (Phi) is 3.07. The van der Waals surface area contributed by atoms with E-state index < -0.39 is 0 Å². The van der Waals surface area contributed by atoms with Gasteiger partial charge in [0.15, 0.2) is 11.6 Å². The standard InChI is InChI=1S/C10H13ClFN3/c11-7-5-9(12)10(14-6-7)15(4-3-13)8-1-2-8/h5-6,8H,1-4,13H2. The first-order valence-electron chi connectivity index (χ1n) is 5.00. The van der Waals surface area contributed by atoms with Crippen LogP contribution in [0.3, 0.4) is 0 Å². The van der Waals surface area contributed by atoms with Gasteiger partial charge >= 0.3 is 0 Å². The van der Waals surface area contributed by atoms with E-state index in [1.165, 1.54) is 12.3 Å². The van der Waals surface area contributed by atoms with Crippen LogP contribution in [-0.2, 0) is 0 Å². The molecule has 2 rings (SSSR count). The summed E-state index contributed by atoms with van der Waals surface area (Å²) in [5.74, 6) is -0.00444. The summed E-state index contributed by atoms with van der Waals surface area (Å²) < 4.78 is 13.6. The minimum Gasteiger partial charge on any atom is -0.350 e. The molecule has 0 amide bonds. The lowest BCUT2D eigenvalue weighted by Crippen LogP contribution is -2.32. The van der Waals surface area contributed by atoms with Gasteiger partial charge in [-0.15, -0.1) is 0 Å². The molecule has 0 bridgehead atoms. The first-order chi connectivity index (χ1) is 7.22. The number of pyridine rings is 1. The quantitative estimate of drug-likeness (QED) is 0.856. The summed E-state index contributed by atoms with van der Waals surface area (Å²) in [6.07, 6.45) is 3.64. The van der Waals surface area contributed by atoms with Crippen molar-refractivity contribution in [3.8, 4) is 0 Å². The van der Waals surface area contributed by atoms with Crippen LogP contribution in [-0.4, -0.2) is 24.1 Å². The van der Waals surface area contributed by atoms with Crippen LogP contribution in [0, 0.1) is 5.82 Å². The van der Waals surface area contributed by atoms with Crippen LogP contribution in [0.4, 0.5) is 10.2 Å². The maximum atomic E-state index is 13.6. The molecular formula is C10H13ClFN3. The zero-order valence-electron chi connectivity index (χ0n) is 8.29. The second kappa shape index (κ2) is 4.33. The number of anilines is 1. The number of hydrogen-bond donors (Lipinski definition) is 1. The SMILES string of the molecule is NCCN(c1ncc(Cl)cc1F)C1CC1.